The average molecular weight is 358 g/mol. The van der Waals surface area contributed by atoms with Crippen molar-refractivity contribution in [3.63, 3.8) is 0 Å². The zero-order valence-electron chi connectivity index (χ0n) is 14.2. The number of carbonyl (C=O) groups excluding carboxylic acids is 3. The van der Waals surface area contributed by atoms with Crippen molar-refractivity contribution in [2.24, 2.45) is 0 Å². The Morgan fingerprint density at radius 2 is 1.84 bits per heavy atom. The summed E-state index contributed by atoms with van der Waals surface area (Å²) in [4.78, 5) is 34.4. The van der Waals surface area contributed by atoms with Crippen LogP contribution < -0.4 is 10.6 Å². The van der Waals surface area contributed by atoms with Crippen molar-refractivity contribution in [2.45, 2.75) is 32.8 Å². The Morgan fingerprint density at radius 1 is 1.16 bits per heavy atom. The third kappa shape index (κ3) is 8.63. The number of rotatable bonds is 6. The van der Waals surface area contributed by atoms with E-state index in [2.05, 4.69) is 15.4 Å². The van der Waals surface area contributed by atoms with Crippen molar-refractivity contribution in [1.29, 1.82) is 0 Å². The van der Waals surface area contributed by atoms with Gasteiger partial charge in [0.2, 0.25) is 0 Å². The van der Waals surface area contributed by atoms with Crippen LogP contribution in [-0.4, -0.2) is 36.7 Å². The molecule has 0 bridgehead atoms. The van der Waals surface area contributed by atoms with Crippen LogP contribution in [0.3, 0.4) is 0 Å². The van der Waals surface area contributed by atoms with Crippen LogP contribution in [0.1, 0.15) is 27.2 Å². The van der Waals surface area contributed by atoms with Gasteiger partial charge in [0.05, 0.1) is 12.1 Å². The quantitative estimate of drug-likeness (QED) is 0.762. The van der Waals surface area contributed by atoms with Crippen LogP contribution >= 0.6 is 0 Å². The average Bonchev–Trinajstić information content (AvgIpc) is 2.46. The summed E-state index contributed by atoms with van der Waals surface area (Å²) < 4.78 is 35.8. The van der Waals surface area contributed by atoms with Crippen LogP contribution in [0, 0.1) is 11.6 Å². The maximum absolute atomic E-state index is 13.4. The smallest absolute Gasteiger partial charge is 0.407 e. The first-order chi connectivity index (χ1) is 11.6. The van der Waals surface area contributed by atoms with E-state index in [4.69, 9.17) is 4.74 Å². The van der Waals surface area contributed by atoms with Gasteiger partial charge in [-0.3, -0.25) is 9.59 Å². The van der Waals surface area contributed by atoms with Gasteiger partial charge in [-0.25, -0.2) is 13.6 Å². The molecule has 9 heteroatoms. The monoisotopic (exact) mass is 358 g/mol. The Balaban J connectivity index is 2.27. The van der Waals surface area contributed by atoms with Crippen LogP contribution in [-0.2, 0) is 19.1 Å². The van der Waals surface area contributed by atoms with Crippen molar-refractivity contribution in [1.82, 2.24) is 5.32 Å². The van der Waals surface area contributed by atoms with E-state index < -0.39 is 41.8 Å². The van der Waals surface area contributed by atoms with Crippen molar-refractivity contribution >= 4 is 23.7 Å². The first kappa shape index (κ1) is 20.3. The molecular formula is C16H20F2N2O5. The topological polar surface area (TPSA) is 93.7 Å². The molecule has 0 fully saturated rings. The molecule has 0 saturated carbocycles. The highest BCUT2D eigenvalue weighted by Crippen LogP contribution is 2.14. The Labute approximate surface area is 143 Å². The number of anilines is 1. The summed E-state index contributed by atoms with van der Waals surface area (Å²) in [5.41, 5.74) is -0.882. The minimum Gasteiger partial charge on any atom is -0.456 e. The van der Waals surface area contributed by atoms with Gasteiger partial charge in [-0.15, -0.1) is 0 Å². The molecule has 0 aromatic heterocycles. The number of amides is 2. The highest BCUT2D eigenvalue weighted by molar-refractivity contribution is 5.92. The molecule has 0 saturated heterocycles. The molecule has 25 heavy (non-hydrogen) atoms. The van der Waals surface area contributed by atoms with Crippen molar-refractivity contribution in [3.8, 4) is 0 Å². The van der Waals surface area contributed by atoms with Crippen LogP contribution in [0.4, 0.5) is 19.3 Å². The first-order valence-corrected chi connectivity index (χ1v) is 7.44. The predicted octanol–water partition coefficient (Wildman–Crippen LogP) is 2.36. The van der Waals surface area contributed by atoms with Gasteiger partial charge < -0.3 is 20.1 Å². The number of benzene rings is 1. The van der Waals surface area contributed by atoms with Gasteiger partial charge in [-0.05, 0) is 32.9 Å². The second kappa shape index (κ2) is 8.95. The lowest BCUT2D eigenvalue weighted by Crippen LogP contribution is -2.34. The molecule has 1 rings (SSSR count). The molecule has 0 aliphatic heterocycles. The molecule has 1 aromatic carbocycles. The minimum absolute atomic E-state index is 0.0258. The number of nitrogens with one attached hydrogen (secondary N) is 2. The van der Waals surface area contributed by atoms with Gasteiger partial charge in [0, 0.05) is 12.6 Å². The van der Waals surface area contributed by atoms with E-state index in [1.807, 2.05) is 0 Å². The van der Waals surface area contributed by atoms with E-state index in [0.717, 1.165) is 12.1 Å². The SMILES string of the molecule is CC(C)(C)OC(=O)NCCC(=O)OCC(=O)Nc1ccc(F)cc1F. The molecule has 0 aliphatic rings. The van der Waals surface area contributed by atoms with E-state index in [0.29, 0.717) is 6.07 Å². The maximum Gasteiger partial charge on any atom is 0.407 e. The minimum atomic E-state index is -0.943. The summed E-state index contributed by atoms with van der Waals surface area (Å²) in [6, 6.07) is 2.64. The summed E-state index contributed by atoms with van der Waals surface area (Å²) in [5, 5.41) is 4.51. The lowest BCUT2D eigenvalue weighted by Gasteiger charge is -2.19. The second-order valence-corrected chi connectivity index (χ2v) is 6.01. The van der Waals surface area contributed by atoms with Gasteiger partial charge in [0.1, 0.15) is 17.2 Å². The number of ether oxygens (including phenoxy) is 2. The first-order valence-electron chi connectivity index (χ1n) is 7.44. The molecule has 0 heterocycles. The summed E-state index contributed by atoms with van der Waals surface area (Å²) in [6.45, 7) is 4.43. The predicted molar refractivity (Wildman–Crippen MR) is 84.8 cm³/mol. The summed E-state index contributed by atoms with van der Waals surface area (Å²) in [5.74, 6) is -3.23. The molecule has 0 aliphatic carbocycles. The Kier molecular flexibility index (Phi) is 7.28. The van der Waals surface area contributed by atoms with Gasteiger partial charge in [-0.2, -0.15) is 0 Å². The number of alkyl carbamates (subject to hydrolysis) is 1. The second-order valence-electron chi connectivity index (χ2n) is 6.01. The molecule has 0 radical (unpaired) electrons. The standard InChI is InChI=1S/C16H20F2N2O5/c1-16(2,3)25-15(23)19-7-6-14(22)24-9-13(21)20-12-5-4-10(17)8-11(12)18/h4-5,8H,6-7,9H2,1-3H3,(H,19,23)(H,20,21). The van der Waals surface area contributed by atoms with Crippen LogP contribution in [0.5, 0.6) is 0 Å². The summed E-state index contributed by atoms with van der Waals surface area (Å²) in [7, 11) is 0. The van der Waals surface area contributed by atoms with Gasteiger partial charge in [0.25, 0.3) is 5.91 Å². The van der Waals surface area contributed by atoms with Gasteiger partial charge >= 0.3 is 12.1 Å². The summed E-state index contributed by atoms with van der Waals surface area (Å²) in [6.07, 6.45) is -0.845. The van der Waals surface area contributed by atoms with E-state index in [1.165, 1.54) is 0 Å². The van der Waals surface area contributed by atoms with E-state index in [9.17, 15) is 23.2 Å². The number of carbonyl (C=O) groups is 3. The van der Waals surface area contributed by atoms with Crippen LogP contribution in [0.25, 0.3) is 0 Å². The highest BCUT2D eigenvalue weighted by Gasteiger charge is 2.16. The zero-order chi connectivity index (χ0) is 19.0. The number of halogens is 2. The Hall–Kier alpha value is -2.71. The van der Waals surface area contributed by atoms with Crippen molar-refractivity contribution < 1.29 is 32.6 Å². The highest BCUT2D eigenvalue weighted by atomic mass is 19.1. The fourth-order valence-corrected chi connectivity index (χ4v) is 1.58. The lowest BCUT2D eigenvalue weighted by molar-refractivity contribution is -0.147. The van der Waals surface area contributed by atoms with Gasteiger partial charge in [-0.1, -0.05) is 0 Å². The number of esters is 1. The molecule has 138 valence electrons. The fraction of sp³-hybridized carbons (Fsp3) is 0.438. The molecule has 1 aromatic rings. The maximum atomic E-state index is 13.4. The van der Waals surface area contributed by atoms with Crippen molar-refractivity contribution in [3.05, 3.63) is 29.8 Å². The molecule has 2 amide bonds. The van der Waals surface area contributed by atoms with E-state index in [1.54, 1.807) is 20.8 Å². The molecular weight excluding hydrogens is 338 g/mol. The van der Waals surface area contributed by atoms with Gasteiger partial charge in [0.15, 0.2) is 6.61 Å². The van der Waals surface area contributed by atoms with Crippen LogP contribution in [0.15, 0.2) is 18.2 Å². The van der Waals surface area contributed by atoms with E-state index in [-0.39, 0.29) is 18.7 Å². The molecule has 0 spiro atoms. The van der Waals surface area contributed by atoms with E-state index >= 15 is 0 Å². The zero-order valence-corrected chi connectivity index (χ0v) is 14.2. The largest absolute Gasteiger partial charge is 0.456 e. The summed E-state index contributed by atoms with van der Waals surface area (Å²) >= 11 is 0. The lowest BCUT2D eigenvalue weighted by atomic mass is 10.2. The number of hydrogen-bond donors (Lipinski definition) is 2. The Bertz CT molecular complexity index is 644. The molecule has 2 N–H and O–H groups in total. The molecule has 0 unspecified atom stereocenters. The number of hydrogen-bond acceptors (Lipinski definition) is 5. The third-order valence-corrected chi connectivity index (χ3v) is 2.57. The molecule has 0 atom stereocenters. The molecule has 7 nitrogen and oxygen atoms in total. The van der Waals surface area contributed by atoms with Crippen LogP contribution in [0.2, 0.25) is 0 Å². The fourth-order valence-electron chi connectivity index (χ4n) is 1.58. The normalized spacial score (nSPS) is 10.8. The third-order valence-electron chi connectivity index (χ3n) is 2.57. The Morgan fingerprint density at radius 3 is 2.44 bits per heavy atom. The van der Waals surface area contributed by atoms with Crippen molar-refractivity contribution in [2.75, 3.05) is 18.5 Å².